The molecule has 1 aliphatic heterocycles. The van der Waals surface area contributed by atoms with Gasteiger partial charge < -0.3 is 14.2 Å². The lowest BCUT2D eigenvalue weighted by molar-refractivity contribution is -0.0270. The van der Waals surface area contributed by atoms with Crippen LogP contribution in [0.25, 0.3) is 0 Å². The van der Waals surface area contributed by atoms with Crippen molar-refractivity contribution in [2.45, 2.75) is 12.6 Å². The number of hydrogen-bond donors (Lipinski definition) is 0. The molecule has 3 heterocycles. The van der Waals surface area contributed by atoms with Gasteiger partial charge in [-0.25, -0.2) is 0 Å². The highest BCUT2D eigenvalue weighted by molar-refractivity contribution is 5.35. The first-order chi connectivity index (χ1) is 10.3. The molecule has 2 aromatic heterocycles. The maximum atomic E-state index is 5.84. The molecule has 1 atom stereocenters. The van der Waals surface area contributed by atoms with Crippen molar-refractivity contribution in [1.29, 1.82) is 0 Å². The Kier molecular flexibility index (Phi) is 4.42. The molecule has 0 aliphatic carbocycles. The molecule has 2 aromatic rings. The second-order valence-corrected chi connectivity index (χ2v) is 5.18. The van der Waals surface area contributed by atoms with E-state index in [1.165, 1.54) is 0 Å². The maximum Gasteiger partial charge on any atom is 0.151 e. The normalized spacial score (nSPS) is 19.6. The van der Waals surface area contributed by atoms with E-state index < -0.39 is 0 Å². The van der Waals surface area contributed by atoms with Gasteiger partial charge in [-0.05, 0) is 12.1 Å². The first-order valence-electron chi connectivity index (χ1n) is 7.03. The Morgan fingerprint density at radius 3 is 3.14 bits per heavy atom. The van der Waals surface area contributed by atoms with E-state index in [1.54, 1.807) is 12.5 Å². The van der Waals surface area contributed by atoms with E-state index in [4.69, 9.17) is 9.26 Å². The van der Waals surface area contributed by atoms with Gasteiger partial charge >= 0.3 is 0 Å². The number of aromatic nitrogens is 3. The highest BCUT2D eigenvalue weighted by Gasteiger charge is 2.22. The van der Waals surface area contributed by atoms with Gasteiger partial charge in [-0.15, -0.1) is 5.10 Å². The van der Waals surface area contributed by atoms with Gasteiger partial charge in [0.25, 0.3) is 0 Å². The lowest BCUT2D eigenvalue weighted by Crippen LogP contribution is -2.46. The molecule has 1 aliphatic rings. The van der Waals surface area contributed by atoms with Gasteiger partial charge in [0, 0.05) is 45.5 Å². The van der Waals surface area contributed by atoms with Gasteiger partial charge in [0.1, 0.15) is 6.26 Å². The molecule has 7 heteroatoms. The van der Waals surface area contributed by atoms with Crippen LogP contribution in [0.4, 0.5) is 5.82 Å². The Morgan fingerprint density at radius 1 is 1.43 bits per heavy atom. The summed E-state index contributed by atoms with van der Waals surface area (Å²) in [6.45, 7) is 4.10. The van der Waals surface area contributed by atoms with Gasteiger partial charge in [0.2, 0.25) is 0 Å². The van der Waals surface area contributed by atoms with Crippen LogP contribution in [0, 0.1) is 0 Å². The van der Waals surface area contributed by atoms with Crippen LogP contribution in [0.2, 0.25) is 0 Å². The highest BCUT2D eigenvalue weighted by Crippen LogP contribution is 2.13. The van der Waals surface area contributed by atoms with Crippen LogP contribution >= 0.6 is 0 Å². The molecule has 0 aromatic carbocycles. The van der Waals surface area contributed by atoms with Gasteiger partial charge in [-0.3, -0.25) is 4.90 Å². The van der Waals surface area contributed by atoms with Gasteiger partial charge in [-0.2, -0.15) is 5.10 Å². The van der Waals surface area contributed by atoms with Crippen molar-refractivity contribution in [3.05, 3.63) is 36.4 Å². The molecule has 112 valence electrons. The van der Waals surface area contributed by atoms with E-state index >= 15 is 0 Å². The fraction of sp³-hybridized carbons (Fsp3) is 0.500. The Bertz CT molecular complexity index is 534. The van der Waals surface area contributed by atoms with Crippen LogP contribution in [-0.4, -0.2) is 59.6 Å². The smallest absolute Gasteiger partial charge is 0.151 e. The molecular formula is C14H19N5O2. The summed E-state index contributed by atoms with van der Waals surface area (Å²) in [4.78, 5) is 4.40. The molecule has 0 spiro atoms. The quantitative estimate of drug-likeness (QED) is 0.806. The van der Waals surface area contributed by atoms with Crippen LogP contribution < -0.4 is 4.90 Å². The third-order valence-electron chi connectivity index (χ3n) is 3.53. The van der Waals surface area contributed by atoms with Crippen LogP contribution in [0.1, 0.15) is 5.69 Å². The molecule has 1 unspecified atom stereocenters. The lowest BCUT2D eigenvalue weighted by Gasteiger charge is -2.34. The minimum atomic E-state index is 0.151. The fourth-order valence-corrected chi connectivity index (χ4v) is 2.48. The predicted molar refractivity (Wildman–Crippen MR) is 76.8 cm³/mol. The van der Waals surface area contributed by atoms with Crippen molar-refractivity contribution in [3.63, 3.8) is 0 Å². The standard InChI is InChI=1S/C14H19N5O2/c1-18(14-3-2-5-15-16-14)10-13-11-19(6-8-20-13)9-12-4-7-21-17-12/h2-5,7,13H,6,8-11H2,1H3. The van der Waals surface area contributed by atoms with Crippen molar-refractivity contribution in [3.8, 4) is 0 Å². The fourth-order valence-electron chi connectivity index (χ4n) is 2.48. The number of nitrogens with zero attached hydrogens (tertiary/aromatic N) is 5. The maximum absolute atomic E-state index is 5.84. The topological polar surface area (TPSA) is 67.5 Å². The SMILES string of the molecule is CN(CC1CN(Cc2ccon2)CCO1)c1cccnn1. The van der Waals surface area contributed by atoms with E-state index in [2.05, 4.69) is 25.2 Å². The van der Waals surface area contributed by atoms with Gasteiger partial charge in [0.05, 0.1) is 18.4 Å². The lowest BCUT2D eigenvalue weighted by atomic mass is 10.2. The van der Waals surface area contributed by atoms with Gasteiger partial charge in [-0.1, -0.05) is 5.16 Å². The predicted octanol–water partition coefficient (Wildman–Crippen LogP) is 0.802. The average molecular weight is 289 g/mol. The number of likely N-dealkylation sites (N-methyl/N-ethyl adjacent to an activating group) is 1. The molecule has 0 amide bonds. The zero-order valence-electron chi connectivity index (χ0n) is 12.1. The Balaban J connectivity index is 1.54. The summed E-state index contributed by atoms with van der Waals surface area (Å²) in [5.41, 5.74) is 0.956. The highest BCUT2D eigenvalue weighted by atomic mass is 16.5. The molecule has 1 saturated heterocycles. The third kappa shape index (κ3) is 3.77. The average Bonchev–Trinajstić information content (AvgIpc) is 3.01. The minimum absolute atomic E-state index is 0.151. The van der Waals surface area contributed by atoms with Crippen LogP contribution in [0.15, 0.2) is 35.2 Å². The van der Waals surface area contributed by atoms with Crippen LogP contribution in [-0.2, 0) is 11.3 Å². The Labute approximate surface area is 123 Å². The second-order valence-electron chi connectivity index (χ2n) is 5.18. The van der Waals surface area contributed by atoms with Crippen LogP contribution in [0.3, 0.4) is 0 Å². The summed E-state index contributed by atoms with van der Waals surface area (Å²) >= 11 is 0. The van der Waals surface area contributed by atoms with E-state index in [-0.39, 0.29) is 6.10 Å². The number of hydrogen-bond acceptors (Lipinski definition) is 7. The largest absolute Gasteiger partial charge is 0.374 e. The number of anilines is 1. The second kappa shape index (κ2) is 6.64. The summed E-state index contributed by atoms with van der Waals surface area (Å²) in [5, 5.41) is 12.0. The van der Waals surface area contributed by atoms with Crippen molar-refractivity contribution in [2.75, 3.05) is 38.2 Å². The number of morpholine rings is 1. The van der Waals surface area contributed by atoms with Crippen molar-refractivity contribution in [1.82, 2.24) is 20.3 Å². The summed E-state index contributed by atoms with van der Waals surface area (Å²) in [7, 11) is 2.00. The summed E-state index contributed by atoms with van der Waals surface area (Å²) in [6.07, 6.45) is 3.43. The monoisotopic (exact) mass is 289 g/mol. The number of ether oxygens (including phenoxy) is 1. The summed E-state index contributed by atoms with van der Waals surface area (Å²) < 4.78 is 10.7. The molecule has 21 heavy (non-hydrogen) atoms. The molecule has 0 bridgehead atoms. The molecule has 7 nitrogen and oxygen atoms in total. The van der Waals surface area contributed by atoms with E-state index in [9.17, 15) is 0 Å². The number of rotatable bonds is 5. The molecule has 0 radical (unpaired) electrons. The first kappa shape index (κ1) is 14.0. The summed E-state index contributed by atoms with van der Waals surface area (Å²) in [5.74, 6) is 0.856. The molecule has 1 fully saturated rings. The zero-order valence-corrected chi connectivity index (χ0v) is 12.1. The molecule has 0 N–H and O–H groups in total. The molecule has 0 saturated carbocycles. The van der Waals surface area contributed by atoms with E-state index in [1.807, 2.05) is 25.2 Å². The van der Waals surface area contributed by atoms with Gasteiger partial charge in [0.15, 0.2) is 5.82 Å². The Morgan fingerprint density at radius 2 is 2.38 bits per heavy atom. The molecular weight excluding hydrogens is 270 g/mol. The van der Waals surface area contributed by atoms with E-state index in [0.29, 0.717) is 0 Å². The summed E-state index contributed by atoms with van der Waals surface area (Å²) in [6, 6.07) is 5.73. The third-order valence-corrected chi connectivity index (χ3v) is 3.53. The van der Waals surface area contributed by atoms with Crippen LogP contribution in [0.5, 0.6) is 0 Å². The van der Waals surface area contributed by atoms with Crippen molar-refractivity contribution >= 4 is 5.82 Å². The van der Waals surface area contributed by atoms with Crippen molar-refractivity contribution in [2.24, 2.45) is 0 Å². The molecule has 3 rings (SSSR count). The Hall–Kier alpha value is -1.99. The van der Waals surface area contributed by atoms with Crippen molar-refractivity contribution < 1.29 is 9.26 Å². The van der Waals surface area contributed by atoms with E-state index in [0.717, 1.165) is 44.3 Å². The first-order valence-corrected chi connectivity index (χ1v) is 7.03. The zero-order chi connectivity index (χ0) is 14.5. The minimum Gasteiger partial charge on any atom is -0.374 e.